The molecular formula is C8H7BrClNO3. The molecule has 0 aliphatic heterocycles. The average molecular weight is 281 g/mol. The van der Waals surface area contributed by atoms with Crippen LogP contribution in [0.3, 0.4) is 0 Å². The molecule has 1 heterocycles. The van der Waals surface area contributed by atoms with E-state index in [4.69, 9.17) is 21.4 Å². The van der Waals surface area contributed by atoms with Crippen molar-refractivity contribution in [3.8, 4) is 5.75 Å². The van der Waals surface area contributed by atoms with Crippen molar-refractivity contribution in [2.45, 2.75) is 6.92 Å². The number of pyridine rings is 1. The van der Waals surface area contributed by atoms with Gasteiger partial charge < -0.3 is 9.84 Å². The molecule has 1 aromatic rings. The summed E-state index contributed by atoms with van der Waals surface area (Å²) in [6, 6.07) is 0. The second-order valence-electron chi connectivity index (χ2n) is 2.51. The van der Waals surface area contributed by atoms with E-state index in [0.29, 0.717) is 15.9 Å². The van der Waals surface area contributed by atoms with Gasteiger partial charge in [-0.05, 0) is 22.9 Å². The van der Waals surface area contributed by atoms with E-state index in [-0.39, 0.29) is 10.7 Å². The van der Waals surface area contributed by atoms with Crippen molar-refractivity contribution in [3.05, 3.63) is 20.9 Å². The minimum Gasteiger partial charge on any atom is -0.494 e. The molecule has 0 spiro atoms. The minimum absolute atomic E-state index is 0.0416. The van der Waals surface area contributed by atoms with Gasteiger partial charge in [-0.1, -0.05) is 11.6 Å². The van der Waals surface area contributed by atoms with Crippen LogP contribution >= 0.6 is 27.5 Å². The Morgan fingerprint density at radius 3 is 2.64 bits per heavy atom. The van der Waals surface area contributed by atoms with Crippen LogP contribution in [-0.2, 0) is 0 Å². The van der Waals surface area contributed by atoms with Gasteiger partial charge in [0.05, 0.1) is 22.3 Å². The molecule has 0 saturated carbocycles. The first-order chi connectivity index (χ1) is 6.49. The number of methoxy groups -OCH3 is 1. The number of aromatic nitrogens is 1. The lowest BCUT2D eigenvalue weighted by Gasteiger charge is -2.09. The summed E-state index contributed by atoms with van der Waals surface area (Å²) in [6.45, 7) is 1.65. The van der Waals surface area contributed by atoms with Crippen LogP contribution < -0.4 is 4.74 Å². The average Bonchev–Trinajstić information content (AvgIpc) is 2.12. The molecule has 0 radical (unpaired) electrons. The second kappa shape index (κ2) is 4.14. The topological polar surface area (TPSA) is 59.4 Å². The van der Waals surface area contributed by atoms with Crippen molar-refractivity contribution in [1.29, 1.82) is 0 Å². The maximum absolute atomic E-state index is 10.7. The maximum Gasteiger partial charge on any atom is 0.356 e. The van der Waals surface area contributed by atoms with Crippen LogP contribution in [0.4, 0.5) is 0 Å². The summed E-state index contributed by atoms with van der Waals surface area (Å²) in [5, 5.41) is 8.81. The first-order valence-electron chi connectivity index (χ1n) is 3.62. The monoisotopic (exact) mass is 279 g/mol. The molecule has 0 saturated heterocycles. The number of nitrogens with zero attached hydrogens (tertiary/aromatic N) is 1. The highest BCUT2D eigenvalue weighted by Gasteiger charge is 2.19. The first-order valence-corrected chi connectivity index (χ1v) is 4.79. The van der Waals surface area contributed by atoms with Crippen LogP contribution in [0.25, 0.3) is 0 Å². The molecule has 0 amide bonds. The van der Waals surface area contributed by atoms with Gasteiger partial charge in [0.15, 0.2) is 11.4 Å². The third-order valence-corrected chi connectivity index (χ3v) is 2.97. The molecule has 0 bridgehead atoms. The molecule has 14 heavy (non-hydrogen) atoms. The van der Waals surface area contributed by atoms with Crippen LogP contribution in [-0.4, -0.2) is 23.2 Å². The Morgan fingerprint density at radius 1 is 1.64 bits per heavy atom. The zero-order valence-electron chi connectivity index (χ0n) is 7.47. The summed E-state index contributed by atoms with van der Waals surface area (Å²) in [5.74, 6) is -0.721. The predicted octanol–water partition coefficient (Wildman–Crippen LogP) is 2.51. The van der Waals surface area contributed by atoms with E-state index < -0.39 is 5.97 Å². The van der Waals surface area contributed by atoms with E-state index >= 15 is 0 Å². The lowest BCUT2D eigenvalue weighted by atomic mass is 10.3. The normalized spacial score (nSPS) is 10.0. The minimum atomic E-state index is -1.17. The van der Waals surface area contributed by atoms with Gasteiger partial charge in [-0.3, -0.25) is 0 Å². The lowest BCUT2D eigenvalue weighted by molar-refractivity contribution is 0.0690. The molecule has 0 aliphatic rings. The van der Waals surface area contributed by atoms with Crippen molar-refractivity contribution in [1.82, 2.24) is 4.98 Å². The largest absolute Gasteiger partial charge is 0.494 e. The number of aromatic carboxylic acids is 1. The Balaban J connectivity index is 3.47. The SMILES string of the molecule is COc1c(C)nc(C(=O)O)c(Cl)c1Br. The Morgan fingerprint density at radius 2 is 2.21 bits per heavy atom. The van der Waals surface area contributed by atoms with Crippen LogP contribution in [0.5, 0.6) is 5.75 Å². The summed E-state index contributed by atoms with van der Waals surface area (Å²) in [7, 11) is 1.46. The number of carboxylic acids is 1. The zero-order chi connectivity index (χ0) is 10.9. The Bertz CT molecular complexity index is 395. The van der Waals surface area contributed by atoms with Crippen molar-refractivity contribution in [3.63, 3.8) is 0 Å². The number of hydrogen-bond donors (Lipinski definition) is 1. The van der Waals surface area contributed by atoms with Gasteiger partial charge in [0.1, 0.15) is 0 Å². The van der Waals surface area contributed by atoms with E-state index in [0.717, 1.165) is 0 Å². The van der Waals surface area contributed by atoms with E-state index in [9.17, 15) is 4.79 Å². The second-order valence-corrected chi connectivity index (χ2v) is 3.68. The molecule has 0 fully saturated rings. The smallest absolute Gasteiger partial charge is 0.356 e. The number of hydrogen-bond acceptors (Lipinski definition) is 3. The van der Waals surface area contributed by atoms with Gasteiger partial charge in [0.2, 0.25) is 0 Å². The molecule has 0 aromatic carbocycles. The summed E-state index contributed by atoms with van der Waals surface area (Å²) in [4.78, 5) is 14.5. The molecule has 0 atom stereocenters. The van der Waals surface area contributed by atoms with Crippen LogP contribution in [0.1, 0.15) is 16.2 Å². The van der Waals surface area contributed by atoms with E-state index in [2.05, 4.69) is 20.9 Å². The molecule has 1 rings (SSSR count). The lowest BCUT2D eigenvalue weighted by Crippen LogP contribution is -2.05. The molecule has 4 nitrogen and oxygen atoms in total. The van der Waals surface area contributed by atoms with Crippen molar-refractivity contribution >= 4 is 33.5 Å². The first kappa shape index (κ1) is 11.3. The highest BCUT2D eigenvalue weighted by molar-refractivity contribution is 9.10. The third-order valence-electron chi connectivity index (χ3n) is 1.61. The molecule has 0 aliphatic carbocycles. The summed E-state index contributed by atoms with van der Waals surface area (Å²) in [5.41, 5.74) is 0.290. The summed E-state index contributed by atoms with van der Waals surface area (Å²) >= 11 is 8.92. The molecule has 1 aromatic heterocycles. The fraction of sp³-hybridized carbons (Fsp3) is 0.250. The highest BCUT2D eigenvalue weighted by Crippen LogP contribution is 2.35. The Hall–Kier alpha value is -0.810. The summed E-state index contributed by atoms with van der Waals surface area (Å²) in [6.07, 6.45) is 0. The molecular weight excluding hydrogens is 273 g/mol. The number of ether oxygens (including phenoxy) is 1. The van der Waals surface area contributed by atoms with Crippen molar-refractivity contribution in [2.24, 2.45) is 0 Å². The molecule has 0 unspecified atom stereocenters. The van der Waals surface area contributed by atoms with Gasteiger partial charge in [-0.25, -0.2) is 9.78 Å². The van der Waals surface area contributed by atoms with Crippen LogP contribution in [0.15, 0.2) is 4.47 Å². The number of carboxylic acid groups (broad SMARTS) is 1. The molecule has 76 valence electrons. The van der Waals surface area contributed by atoms with Gasteiger partial charge >= 0.3 is 5.97 Å². The Kier molecular flexibility index (Phi) is 3.34. The van der Waals surface area contributed by atoms with E-state index in [1.54, 1.807) is 6.92 Å². The maximum atomic E-state index is 10.7. The standard InChI is InChI=1S/C8H7BrClNO3/c1-3-7(14-2)4(9)5(10)6(11-3)8(12)13/h1-2H3,(H,12,13). The fourth-order valence-electron chi connectivity index (χ4n) is 1.01. The zero-order valence-corrected chi connectivity index (χ0v) is 9.81. The predicted molar refractivity (Wildman–Crippen MR) is 55.2 cm³/mol. The van der Waals surface area contributed by atoms with Crippen LogP contribution in [0, 0.1) is 6.92 Å². The quantitative estimate of drug-likeness (QED) is 0.904. The number of halogens is 2. The van der Waals surface area contributed by atoms with Gasteiger partial charge in [-0.15, -0.1) is 0 Å². The molecule has 1 N–H and O–H groups in total. The highest BCUT2D eigenvalue weighted by atomic mass is 79.9. The van der Waals surface area contributed by atoms with E-state index in [1.165, 1.54) is 7.11 Å². The van der Waals surface area contributed by atoms with Gasteiger partial charge in [-0.2, -0.15) is 0 Å². The Labute approximate surface area is 94.0 Å². The van der Waals surface area contributed by atoms with Crippen LogP contribution in [0.2, 0.25) is 5.02 Å². The number of carbonyl (C=O) groups is 1. The third kappa shape index (κ3) is 1.83. The van der Waals surface area contributed by atoms with E-state index in [1.807, 2.05) is 0 Å². The molecule has 6 heteroatoms. The fourth-order valence-corrected chi connectivity index (χ4v) is 1.85. The number of aryl methyl sites for hydroxylation is 1. The van der Waals surface area contributed by atoms with Crippen molar-refractivity contribution < 1.29 is 14.6 Å². The van der Waals surface area contributed by atoms with Gasteiger partial charge in [0.25, 0.3) is 0 Å². The number of rotatable bonds is 2. The van der Waals surface area contributed by atoms with Crippen molar-refractivity contribution in [2.75, 3.05) is 7.11 Å². The summed E-state index contributed by atoms with van der Waals surface area (Å²) < 4.78 is 5.41. The van der Waals surface area contributed by atoms with Gasteiger partial charge in [0, 0.05) is 0 Å².